The van der Waals surface area contributed by atoms with Crippen LogP contribution >= 0.6 is 15.9 Å². The van der Waals surface area contributed by atoms with Crippen LogP contribution in [0.2, 0.25) is 0 Å². The van der Waals surface area contributed by atoms with E-state index in [9.17, 15) is 0 Å². The standard InChI is InChI=1S/C17H21BrN2/c1-13-5-2-3-7-15(13)9-10-17(20-19)12-14-6-4-8-16(18)11-14/h2-8,11,17,20H,9-10,12,19H2,1H3. The molecule has 106 valence electrons. The third-order valence-electron chi connectivity index (χ3n) is 3.63. The summed E-state index contributed by atoms with van der Waals surface area (Å²) < 4.78 is 1.12. The molecule has 0 saturated heterocycles. The summed E-state index contributed by atoms with van der Waals surface area (Å²) in [5.41, 5.74) is 7.00. The van der Waals surface area contributed by atoms with Gasteiger partial charge in [-0.2, -0.15) is 0 Å². The van der Waals surface area contributed by atoms with Crippen LogP contribution in [0.15, 0.2) is 53.0 Å². The van der Waals surface area contributed by atoms with Crippen molar-refractivity contribution in [3.05, 3.63) is 69.7 Å². The van der Waals surface area contributed by atoms with Gasteiger partial charge < -0.3 is 0 Å². The van der Waals surface area contributed by atoms with E-state index in [1.54, 1.807) is 0 Å². The monoisotopic (exact) mass is 332 g/mol. The highest BCUT2D eigenvalue weighted by Gasteiger charge is 2.09. The molecule has 0 spiro atoms. The molecule has 2 nitrogen and oxygen atoms in total. The molecule has 2 rings (SSSR count). The first-order valence-corrected chi connectivity index (χ1v) is 7.73. The highest BCUT2D eigenvalue weighted by Crippen LogP contribution is 2.16. The van der Waals surface area contributed by atoms with Crippen molar-refractivity contribution in [1.82, 2.24) is 5.43 Å². The molecule has 0 radical (unpaired) electrons. The van der Waals surface area contributed by atoms with E-state index in [-0.39, 0.29) is 0 Å². The molecule has 3 heteroatoms. The Morgan fingerprint density at radius 3 is 2.65 bits per heavy atom. The number of aryl methyl sites for hydroxylation is 2. The summed E-state index contributed by atoms with van der Waals surface area (Å²) in [6.07, 6.45) is 3.03. The van der Waals surface area contributed by atoms with Crippen molar-refractivity contribution in [3.63, 3.8) is 0 Å². The van der Waals surface area contributed by atoms with Crippen molar-refractivity contribution in [3.8, 4) is 0 Å². The smallest absolute Gasteiger partial charge is 0.0254 e. The Morgan fingerprint density at radius 1 is 1.15 bits per heavy atom. The third-order valence-corrected chi connectivity index (χ3v) is 4.12. The molecule has 0 fully saturated rings. The van der Waals surface area contributed by atoms with Gasteiger partial charge >= 0.3 is 0 Å². The van der Waals surface area contributed by atoms with Crippen LogP contribution in [0.5, 0.6) is 0 Å². The van der Waals surface area contributed by atoms with Crippen LogP contribution in [0.3, 0.4) is 0 Å². The van der Waals surface area contributed by atoms with Crippen LogP contribution in [0.4, 0.5) is 0 Å². The molecule has 3 N–H and O–H groups in total. The molecular formula is C17H21BrN2. The fourth-order valence-corrected chi connectivity index (χ4v) is 2.86. The Morgan fingerprint density at radius 2 is 1.95 bits per heavy atom. The number of rotatable bonds is 6. The number of halogens is 1. The fourth-order valence-electron chi connectivity index (χ4n) is 2.41. The summed E-state index contributed by atoms with van der Waals surface area (Å²) in [5.74, 6) is 5.70. The molecule has 1 atom stereocenters. The largest absolute Gasteiger partial charge is 0.271 e. The minimum absolute atomic E-state index is 0.295. The van der Waals surface area contributed by atoms with Gasteiger partial charge in [-0.3, -0.25) is 11.3 Å². The van der Waals surface area contributed by atoms with E-state index in [1.807, 2.05) is 6.07 Å². The number of nitrogens with two attached hydrogens (primary N) is 1. The Balaban J connectivity index is 1.94. The van der Waals surface area contributed by atoms with Crippen LogP contribution in [0, 0.1) is 6.92 Å². The summed E-state index contributed by atoms with van der Waals surface area (Å²) in [6, 6.07) is 17.2. The average molecular weight is 333 g/mol. The van der Waals surface area contributed by atoms with Crippen molar-refractivity contribution in [2.24, 2.45) is 5.84 Å². The lowest BCUT2D eigenvalue weighted by Crippen LogP contribution is -2.37. The minimum atomic E-state index is 0.295. The fraction of sp³-hybridized carbons (Fsp3) is 0.294. The molecule has 0 aliphatic carbocycles. The average Bonchev–Trinajstić information content (AvgIpc) is 2.45. The van der Waals surface area contributed by atoms with E-state index in [0.717, 1.165) is 23.7 Å². The van der Waals surface area contributed by atoms with Crippen LogP contribution in [-0.4, -0.2) is 6.04 Å². The lowest BCUT2D eigenvalue weighted by atomic mass is 9.97. The van der Waals surface area contributed by atoms with E-state index in [4.69, 9.17) is 5.84 Å². The van der Waals surface area contributed by atoms with Gasteiger partial charge in [0.1, 0.15) is 0 Å². The van der Waals surface area contributed by atoms with Crippen molar-refractivity contribution in [2.75, 3.05) is 0 Å². The first-order valence-electron chi connectivity index (χ1n) is 6.94. The number of hydrogen-bond acceptors (Lipinski definition) is 2. The number of nitrogens with one attached hydrogen (secondary N) is 1. The number of hydrogen-bond donors (Lipinski definition) is 2. The predicted octanol–water partition coefficient (Wildman–Crippen LogP) is 3.76. The molecule has 2 aromatic rings. The maximum atomic E-state index is 5.70. The van der Waals surface area contributed by atoms with Gasteiger partial charge in [0.2, 0.25) is 0 Å². The van der Waals surface area contributed by atoms with Crippen LogP contribution < -0.4 is 11.3 Å². The molecule has 0 bridgehead atoms. The zero-order valence-corrected chi connectivity index (χ0v) is 13.4. The maximum Gasteiger partial charge on any atom is 0.0254 e. The summed E-state index contributed by atoms with van der Waals surface area (Å²) in [5, 5.41) is 0. The molecule has 0 heterocycles. The molecule has 0 aromatic heterocycles. The summed E-state index contributed by atoms with van der Waals surface area (Å²) >= 11 is 3.51. The summed E-state index contributed by atoms with van der Waals surface area (Å²) in [7, 11) is 0. The van der Waals surface area contributed by atoms with Gasteiger partial charge in [0.05, 0.1) is 0 Å². The first kappa shape index (κ1) is 15.2. The molecule has 0 amide bonds. The number of benzene rings is 2. The molecule has 20 heavy (non-hydrogen) atoms. The first-order chi connectivity index (χ1) is 9.69. The van der Waals surface area contributed by atoms with Crippen molar-refractivity contribution in [2.45, 2.75) is 32.2 Å². The Labute approximate surface area is 129 Å². The minimum Gasteiger partial charge on any atom is -0.271 e. The van der Waals surface area contributed by atoms with E-state index in [2.05, 4.69) is 70.7 Å². The molecule has 0 aliphatic rings. The van der Waals surface area contributed by atoms with Gasteiger partial charge in [0, 0.05) is 10.5 Å². The van der Waals surface area contributed by atoms with Crippen molar-refractivity contribution >= 4 is 15.9 Å². The molecular weight excluding hydrogens is 312 g/mol. The second-order valence-corrected chi connectivity index (χ2v) is 6.08. The number of hydrazine groups is 1. The van der Waals surface area contributed by atoms with Crippen molar-refractivity contribution in [1.29, 1.82) is 0 Å². The van der Waals surface area contributed by atoms with Gasteiger partial charge in [-0.25, -0.2) is 0 Å². The summed E-state index contributed by atoms with van der Waals surface area (Å²) in [4.78, 5) is 0. The lowest BCUT2D eigenvalue weighted by molar-refractivity contribution is 0.491. The van der Waals surface area contributed by atoms with E-state index in [0.29, 0.717) is 6.04 Å². The Bertz CT molecular complexity index is 554. The second kappa shape index (κ2) is 7.58. The molecule has 1 unspecified atom stereocenters. The van der Waals surface area contributed by atoms with Crippen LogP contribution in [0.25, 0.3) is 0 Å². The van der Waals surface area contributed by atoms with E-state index in [1.165, 1.54) is 16.7 Å². The van der Waals surface area contributed by atoms with E-state index < -0.39 is 0 Å². The van der Waals surface area contributed by atoms with Crippen LogP contribution in [0.1, 0.15) is 23.1 Å². The third kappa shape index (κ3) is 4.44. The van der Waals surface area contributed by atoms with Gasteiger partial charge in [0.15, 0.2) is 0 Å². The van der Waals surface area contributed by atoms with Crippen LogP contribution in [-0.2, 0) is 12.8 Å². The molecule has 0 aliphatic heterocycles. The Hall–Kier alpha value is -1.16. The normalized spacial score (nSPS) is 12.3. The van der Waals surface area contributed by atoms with Crippen molar-refractivity contribution < 1.29 is 0 Å². The van der Waals surface area contributed by atoms with Gasteiger partial charge in [-0.1, -0.05) is 52.3 Å². The quantitative estimate of drug-likeness (QED) is 0.624. The Kier molecular flexibility index (Phi) is 5.77. The predicted molar refractivity (Wildman–Crippen MR) is 88.5 cm³/mol. The van der Waals surface area contributed by atoms with Gasteiger partial charge in [-0.15, -0.1) is 0 Å². The molecule has 0 saturated carbocycles. The maximum absolute atomic E-state index is 5.70. The highest BCUT2D eigenvalue weighted by molar-refractivity contribution is 9.10. The SMILES string of the molecule is Cc1ccccc1CCC(Cc1cccc(Br)c1)NN. The lowest BCUT2D eigenvalue weighted by Gasteiger charge is -2.16. The highest BCUT2D eigenvalue weighted by atomic mass is 79.9. The van der Waals surface area contributed by atoms with Gasteiger partial charge in [-0.05, 0) is 55.0 Å². The second-order valence-electron chi connectivity index (χ2n) is 5.16. The van der Waals surface area contributed by atoms with Gasteiger partial charge in [0.25, 0.3) is 0 Å². The zero-order chi connectivity index (χ0) is 14.4. The summed E-state index contributed by atoms with van der Waals surface area (Å²) in [6.45, 7) is 2.16. The van der Waals surface area contributed by atoms with E-state index >= 15 is 0 Å². The zero-order valence-electron chi connectivity index (χ0n) is 11.8. The topological polar surface area (TPSA) is 38.0 Å². The molecule has 2 aromatic carbocycles.